The maximum Gasteiger partial charge on any atom is 0.303 e. The van der Waals surface area contributed by atoms with E-state index in [0.29, 0.717) is 19.5 Å². The molecule has 0 unspecified atom stereocenters. The van der Waals surface area contributed by atoms with Crippen LogP contribution >= 0.6 is 0 Å². The van der Waals surface area contributed by atoms with Gasteiger partial charge in [0.1, 0.15) is 0 Å². The molecule has 134 valence electrons. The summed E-state index contributed by atoms with van der Waals surface area (Å²) in [5.74, 6) is -0.807. The molecule has 0 aliphatic carbocycles. The van der Waals surface area contributed by atoms with Crippen LogP contribution in [0.15, 0.2) is 30.3 Å². The number of hydrogen-bond donors (Lipinski definition) is 1. The molecule has 0 saturated carbocycles. The fourth-order valence-electron chi connectivity index (χ4n) is 3.39. The van der Waals surface area contributed by atoms with E-state index in [1.165, 1.54) is 4.31 Å². The summed E-state index contributed by atoms with van der Waals surface area (Å²) in [6, 6.07) is 9.36. The lowest BCUT2D eigenvalue weighted by molar-refractivity contribution is -0.137. The Hall–Kier alpha value is -1.44. The highest BCUT2D eigenvalue weighted by molar-refractivity contribution is 7.88. The number of benzene rings is 1. The van der Waals surface area contributed by atoms with Crippen molar-refractivity contribution in [1.82, 2.24) is 9.21 Å². The molecule has 0 spiro atoms. The van der Waals surface area contributed by atoms with Gasteiger partial charge >= 0.3 is 5.97 Å². The zero-order valence-electron chi connectivity index (χ0n) is 14.3. The molecule has 2 rings (SSSR count). The fourth-order valence-corrected chi connectivity index (χ4v) is 4.99. The van der Waals surface area contributed by atoms with Crippen molar-refractivity contribution in [1.29, 1.82) is 0 Å². The molecule has 0 amide bonds. The zero-order valence-corrected chi connectivity index (χ0v) is 15.1. The van der Waals surface area contributed by atoms with Crippen molar-refractivity contribution in [3.63, 3.8) is 0 Å². The van der Waals surface area contributed by atoms with Crippen molar-refractivity contribution in [2.75, 3.05) is 27.2 Å². The Bertz CT molecular complexity index is 646. The SMILES string of the molecule is CN(C)[C@@H]1CCN(S(=O)(=O)Cc2ccccc2)C[C@@H]1CCC(=O)O. The van der Waals surface area contributed by atoms with E-state index in [2.05, 4.69) is 4.90 Å². The van der Waals surface area contributed by atoms with Gasteiger partial charge in [-0.05, 0) is 38.4 Å². The molecule has 1 N–H and O–H groups in total. The van der Waals surface area contributed by atoms with Gasteiger partial charge in [-0.2, -0.15) is 0 Å². The number of aliphatic carboxylic acids is 1. The minimum atomic E-state index is -3.39. The Morgan fingerprint density at radius 1 is 1.29 bits per heavy atom. The van der Waals surface area contributed by atoms with Gasteiger partial charge < -0.3 is 10.0 Å². The first kappa shape index (κ1) is 18.9. The molecule has 24 heavy (non-hydrogen) atoms. The van der Waals surface area contributed by atoms with Crippen molar-refractivity contribution in [3.8, 4) is 0 Å². The molecule has 1 fully saturated rings. The Morgan fingerprint density at radius 3 is 2.54 bits per heavy atom. The molecule has 1 saturated heterocycles. The quantitative estimate of drug-likeness (QED) is 0.805. The third-order valence-electron chi connectivity index (χ3n) is 4.63. The lowest BCUT2D eigenvalue weighted by atomic mass is 9.88. The lowest BCUT2D eigenvalue weighted by Gasteiger charge is -2.41. The van der Waals surface area contributed by atoms with Crippen molar-refractivity contribution < 1.29 is 18.3 Å². The summed E-state index contributed by atoms with van der Waals surface area (Å²) in [6.07, 6.45) is 1.29. The number of carbonyl (C=O) groups is 1. The Labute approximate surface area is 144 Å². The average Bonchev–Trinajstić information content (AvgIpc) is 2.53. The topological polar surface area (TPSA) is 77.9 Å². The first-order chi connectivity index (χ1) is 11.3. The van der Waals surface area contributed by atoms with Crippen molar-refractivity contribution >= 4 is 16.0 Å². The highest BCUT2D eigenvalue weighted by Gasteiger charge is 2.35. The van der Waals surface area contributed by atoms with E-state index in [1.807, 2.05) is 44.4 Å². The molecule has 6 nitrogen and oxygen atoms in total. The average molecular weight is 354 g/mol. The smallest absolute Gasteiger partial charge is 0.303 e. The molecule has 0 bridgehead atoms. The van der Waals surface area contributed by atoms with Crippen LogP contribution < -0.4 is 0 Å². The van der Waals surface area contributed by atoms with Crippen LogP contribution in [0.25, 0.3) is 0 Å². The number of nitrogens with zero attached hydrogens (tertiary/aromatic N) is 2. The number of piperidine rings is 1. The molecule has 7 heteroatoms. The monoisotopic (exact) mass is 354 g/mol. The molecular weight excluding hydrogens is 328 g/mol. The van der Waals surface area contributed by atoms with Crippen LogP contribution in [0.3, 0.4) is 0 Å². The maximum absolute atomic E-state index is 12.7. The minimum absolute atomic E-state index is 0.00782. The van der Waals surface area contributed by atoms with Crippen molar-refractivity contribution in [2.45, 2.75) is 31.1 Å². The van der Waals surface area contributed by atoms with E-state index < -0.39 is 16.0 Å². The molecular formula is C17H26N2O4S. The molecule has 1 heterocycles. The van der Waals surface area contributed by atoms with Gasteiger partial charge in [0.15, 0.2) is 0 Å². The van der Waals surface area contributed by atoms with Crippen LogP contribution in [0.2, 0.25) is 0 Å². The van der Waals surface area contributed by atoms with Gasteiger partial charge in [-0.25, -0.2) is 12.7 Å². The van der Waals surface area contributed by atoms with Gasteiger partial charge in [0.25, 0.3) is 0 Å². The highest BCUT2D eigenvalue weighted by atomic mass is 32.2. The van der Waals surface area contributed by atoms with Crippen LogP contribution in [-0.2, 0) is 20.6 Å². The minimum Gasteiger partial charge on any atom is -0.481 e. The number of carboxylic acid groups (broad SMARTS) is 1. The predicted molar refractivity (Wildman–Crippen MR) is 93.1 cm³/mol. The second-order valence-corrected chi connectivity index (χ2v) is 8.58. The Kier molecular flexibility index (Phi) is 6.37. The largest absolute Gasteiger partial charge is 0.481 e. The van der Waals surface area contributed by atoms with E-state index in [0.717, 1.165) is 12.0 Å². The van der Waals surface area contributed by atoms with E-state index in [-0.39, 0.29) is 24.1 Å². The Morgan fingerprint density at radius 2 is 1.96 bits per heavy atom. The predicted octanol–water partition coefficient (Wildman–Crippen LogP) is 1.63. The first-order valence-corrected chi connectivity index (χ1v) is 9.80. The van der Waals surface area contributed by atoms with Crippen LogP contribution in [-0.4, -0.2) is 61.9 Å². The maximum atomic E-state index is 12.7. The summed E-state index contributed by atoms with van der Waals surface area (Å²) < 4.78 is 27.0. The zero-order chi connectivity index (χ0) is 17.7. The molecule has 1 aromatic rings. The third-order valence-corrected chi connectivity index (χ3v) is 6.45. The van der Waals surface area contributed by atoms with Crippen LogP contribution in [0.1, 0.15) is 24.8 Å². The van der Waals surface area contributed by atoms with Gasteiger partial charge in [0.05, 0.1) is 5.75 Å². The normalized spacial score (nSPS) is 22.6. The number of hydrogen-bond acceptors (Lipinski definition) is 4. The summed E-state index contributed by atoms with van der Waals surface area (Å²) in [5.41, 5.74) is 0.773. The summed E-state index contributed by atoms with van der Waals surface area (Å²) in [6.45, 7) is 0.882. The second kappa shape index (κ2) is 8.09. The van der Waals surface area contributed by atoms with Crippen molar-refractivity contribution in [3.05, 3.63) is 35.9 Å². The summed E-state index contributed by atoms with van der Waals surface area (Å²) in [5, 5.41) is 8.94. The van der Waals surface area contributed by atoms with Gasteiger partial charge in [-0.3, -0.25) is 4.79 Å². The van der Waals surface area contributed by atoms with E-state index in [4.69, 9.17) is 5.11 Å². The van der Waals surface area contributed by atoms with Gasteiger partial charge in [-0.1, -0.05) is 30.3 Å². The third kappa shape index (κ3) is 5.03. The molecule has 1 aliphatic heterocycles. The van der Waals surface area contributed by atoms with Crippen LogP contribution in [0.4, 0.5) is 0 Å². The van der Waals surface area contributed by atoms with E-state index in [1.54, 1.807) is 0 Å². The van der Waals surface area contributed by atoms with Gasteiger partial charge in [0.2, 0.25) is 10.0 Å². The molecule has 2 atom stereocenters. The number of rotatable bonds is 7. The van der Waals surface area contributed by atoms with Gasteiger partial charge in [-0.15, -0.1) is 0 Å². The van der Waals surface area contributed by atoms with Crippen molar-refractivity contribution in [2.24, 2.45) is 5.92 Å². The second-order valence-electron chi connectivity index (χ2n) is 6.61. The fraction of sp³-hybridized carbons (Fsp3) is 0.588. The van der Waals surface area contributed by atoms with Crippen LogP contribution in [0, 0.1) is 5.92 Å². The summed E-state index contributed by atoms with van der Waals surface area (Å²) >= 11 is 0. The summed E-state index contributed by atoms with van der Waals surface area (Å²) in [7, 11) is 0.540. The van der Waals surface area contributed by atoms with Crippen LogP contribution in [0.5, 0.6) is 0 Å². The molecule has 0 aromatic heterocycles. The first-order valence-electron chi connectivity index (χ1n) is 8.19. The molecule has 1 aromatic carbocycles. The highest BCUT2D eigenvalue weighted by Crippen LogP contribution is 2.27. The molecule has 1 aliphatic rings. The standard InChI is InChI=1S/C17H26N2O4S/c1-18(2)16-10-11-19(12-15(16)8-9-17(20)21)24(22,23)13-14-6-4-3-5-7-14/h3-7,15-16H,8-13H2,1-2H3,(H,20,21)/t15-,16+/m0/s1. The van der Waals surface area contributed by atoms with E-state index >= 15 is 0 Å². The number of sulfonamides is 1. The number of carboxylic acids is 1. The lowest BCUT2D eigenvalue weighted by Crippen LogP contribution is -2.50. The summed E-state index contributed by atoms with van der Waals surface area (Å²) in [4.78, 5) is 13.0. The van der Waals surface area contributed by atoms with E-state index in [9.17, 15) is 13.2 Å². The van der Waals surface area contributed by atoms with Gasteiger partial charge in [0, 0.05) is 25.6 Å². The molecule has 0 radical (unpaired) electrons. The Balaban J connectivity index is 2.09.